The van der Waals surface area contributed by atoms with Gasteiger partial charge in [0, 0.05) is 19.6 Å². The number of esters is 1. The number of nitrogens with two attached hydrogens (primary N) is 1. The molecule has 0 aliphatic rings. The fraction of sp³-hybridized carbons (Fsp3) is 0.775. The average Bonchev–Trinajstić information content (AvgIpc) is 3.09. The van der Waals surface area contributed by atoms with E-state index in [1.807, 2.05) is 0 Å². The number of carbonyl (C=O) groups excluding carboxylic acids is 1. The van der Waals surface area contributed by atoms with E-state index in [1.54, 1.807) is 0 Å². The van der Waals surface area contributed by atoms with E-state index in [0.29, 0.717) is 13.0 Å². The Morgan fingerprint density at radius 1 is 0.633 bits per heavy atom. The van der Waals surface area contributed by atoms with E-state index in [9.17, 15) is 14.3 Å². The van der Waals surface area contributed by atoms with Gasteiger partial charge >= 0.3 is 13.8 Å². The van der Waals surface area contributed by atoms with Gasteiger partial charge in [0.25, 0.3) is 0 Å². The number of rotatable bonds is 37. The van der Waals surface area contributed by atoms with Crippen LogP contribution in [0.2, 0.25) is 0 Å². The van der Waals surface area contributed by atoms with Gasteiger partial charge in [0.1, 0.15) is 6.10 Å². The second kappa shape index (κ2) is 37.7. The third kappa shape index (κ3) is 37.5. The van der Waals surface area contributed by atoms with Crippen LogP contribution in [-0.4, -0.2) is 49.9 Å². The molecule has 2 atom stereocenters. The van der Waals surface area contributed by atoms with Crippen LogP contribution in [0.4, 0.5) is 0 Å². The molecule has 0 spiro atoms. The van der Waals surface area contributed by atoms with Crippen molar-refractivity contribution in [2.75, 3.05) is 33.0 Å². The fourth-order valence-electron chi connectivity index (χ4n) is 5.12. The minimum absolute atomic E-state index is 0.0960. The fourth-order valence-corrected chi connectivity index (χ4v) is 5.89. The van der Waals surface area contributed by atoms with E-state index in [1.165, 1.54) is 83.5 Å². The number of ether oxygens (including phenoxy) is 2. The minimum atomic E-state index is -4.28. The SMILES string of the molecule is CC/C=C\C/C=C\C/C=C\CCCCCCCCCC(=O)OC(COCCCCCCCC/C=C\CCCCC)COP(=O)(O)OCCN. The van der Waals surface area contributed by atoms with Gasteiger partial charge < -0.3 is 20.1 Å². The molecule has 0 bridgehead atoms. The van der Waals surface area contributed by atoms with Gasteiger partial charge in [-0.05, 0) is 70.6 Å². The van der Waals surface area contributed by atoms with Crippen molar-refractivity contribution in [1.29, 1.82) is 0 Å². The molecule has 0 fully saturated rings. The summed E-state index contributed by atoms with van der Waals surface area (Å²) in [4.78, 5) is 22.4. The second-order valence-corrected chi connectivity index (χ2v) is 14.2. The van der Waals surface area contributed by atoms with Crippen molar-refractivity contribution >= 4 is 13.8 Å². The van der Waals surface area contributed by atoms with Gasteiger partial charge in [0.15, 0.2) is 0 Å². The summed E-state index contributed by atoms with van der Waals surface area (Å²) in [6.07, 6.45) is 42.6. The van der Waals surface area contributed by atoms with Gasteiger partial charge in [-0.3, -0.25) is 13.8 Å². The highest BCUT2D eigenvalue weighted by Gasteiger charge is 2.25. The number of hydrogen-bond donors (Lipinski definition) is 2. The maximum absolute atomic E-state index is 12.5. The van der Waals surface area contributed by atoms with Crippen LogP contribution in [0, 0.1) is 0 Å². The van der Waals surface area contributed by atoms with Crippen molar-refractivity contribution in [2.45, 2.75) is 168 Å². The lowest BCUT2D eigenvalue weighted by atomic mass is 10.1. The van der Waals surface area contributed by atoms with Gasteiger partial charge in [0.05, 0.1) is 19.8 Å². The summed E-state index contributed by atoms with van der Waals surface area (Å²) in [6, 6.07) is 0. The Labute approximate surface area is 301 Å². The van der Waals surface area contributed by atoms with Crippen molar-refractivity contribution in [1.82, 2.24) is 0 Å². The lowest BCUT2D eigenvalue weighted by Gasteiger charge is -2.20. The zero-order chi connectivity index (χ0) is 35.9. The summed E-state index contributed by atoms with van der Waals surface area (Å²) < 4.78 is 33.3. The maximum atomic E-state index is 12.5. The Bertz CT molecular complexity index is 890. The smallest absolute Gasteiger partial charge is 0.457 e. The number of phosphoric ester groups is 1. The largest absolute Gasteiger partial charge is 0.472 e. The highest BCUT2D eigenvalue weighted by atomic mass is 31.2. The molecule has 0 aromatic carbocycles. The summed E-state index contributed by atoms with van der Waals surface area (Å²) in [6.45, 7) is 4.75. The first-order valence-corrected chi connectivity index (χ1v) is 21.1. The van der Waals surface area contributed by atoms with Gasteiger partial charge in [-0.2, -0.15) is 0 Å². The molecule has 0 heterocycles. The van der Waals surface area contributed by atoms with Crippen LogP contribution < -0.4 is 5.73 Å². The third-order valence-electron chi connectivity index (χ3n) is 7.98. The minimum Gasteiger partial charge on any atom is -0.457 e. The molecular weight excluding hydrogens is 637 g/mol. The molecule has 0 aliphatic heterocycles. The normalized spacial score (nSPS) is 14.1. The van der Waals surface area contributed by atoms with E-state index >= 15 is 0 Å². The molecule has 0 saturated heterocycles. The first-order chi connectivity index (χ1) is 23.9. The number of hydrogen-bond acceptors (Lipinski definition) is 7. The zero-order valence-corrected chi connectivity index (χ0v) is 32.3. The topological polar surface area (TPSA) is 117 Å². The summed E-state index contributed by atoms with van der Waals surface area (Å²) >= 11 is 0. The third-order valence-corrected chi connectivity index (χ3v) is 8.96. The molecule has 0 aliphatic carbocycles. The van der Waals surface area contributed by atoms with Gasteiger partial charge in [-0.15, -0.1) is 0 Å². The van der Waals surface area contributed by atoms with Crippen LogP contribution >= 0.6 is 7.82 Å². The van der Waals surface area contributed by atoms with E-state index in [-0.39, 0.29) is 32.3 Å². The molecule has 286 valence electrons. The van der Waals surface area contributed by atoms with Crippen molar-refractivity contribution in [3.8, 4) is 0 Å². The van der Waals surface area contributed by atoms with Gasteiger partial charge in [0.2, 0.25) is 0 Å². The molecule has 9 heteroatoms. The lowest BCUT2D eigenvalue weighted by Crippen LogP contribution is -2.28. The quantitative estimate of drug-likeness (QED) is 0.0283. The van der Waals surface area contributed by atoms with E-state index in [4.69, 9.17) is 24.3 Å². The molecule has 0 aromatic rings. The predicted octanol–water partition coefficient (Wildman–Crippen LogP) is 11.2. The predicted molar refractivity (Wildman–Crippen MR) is 206 cm³/mol. The average molecular weight is 712 g/mol. The summed E-state index contributed by atoms with van der Waals surface area (Å²) in [5, 5.41) is 0. The second-order valence-electron chi connectivity index (χ2n) is 12.8. The van der Waals surface area contributed by atoms with Crippen molar-refractivity contribution in [2.24, 2.45) is 5.73 Å². The molecule has 3 N–H and O–H groups in total. The summed E-state index contributed by atoms with van der Waals surface area (Å²) in [5.74, 6) is -0.345. The number of phosphoric acid groups is 1. The van der Waals surface area contributed by atoms with E-state index in [2.05, 4.69) is 62.5 Å². The van der Waals surface area contributed by atoms with Crippen LogP contribution in [0.1, 0.15) is 162 Å². The zero-order valence-electron chi connectivity index (χ0n) is 31.4. The van der Waals surface area contributed by atoms with Crippen LogP contribution in [0.15, 0.2) is 48.6 Å². The number of carbonyl (C=O) groups is 1. The first kappa shape index (κ1) is 47.5. The first-order valence-electron chi connectivity index (χ1n) is 19.6. The van der Waals surface area contributed by atoms with Gasteiger partial charge in [-0.25, -0.2) is 4.57 Å². The molecule has 0 radical (unpaired) electrons. The van der Waals surface area contributed by atoms with Gasteiger partial charge in [-0.1, -0.05) is 133 Å². The van der Waals surface area contributed by atoms with Crippen molar-refractivity contribution in [3.05, 3.63) is 48.6 Å². The Hall–Kier alpha value is -1.54. The molecule has 0 aromatic heterocycles. The highest BCUT2D eigenvalue weighted by molar-refractivity contribution is 7.47. The molecule has 0 rings (SSSR count). The standard InChI is InChI=1S/C40H74NO7P/c1-3-5-7-9-11-13-15-17-18-19-20-21-23-25-27-29-31-33-40(42)48-39(38-47-49(43,44)46-36-34-41)37-45-35-32-30-28-26-24-22-16-14-12-10-8-6-4-2/h5,7,11-14,17-18,39H,3-4,6,8-10,15-16,19-38,41H2,1-2H3,(H,43,44)/b7-5-,13-11-,14-12-,18-17-. The Morgan fingerprint density at radius 2 is 1.14 bits per heavy atom. The Kier molecular flexibility index (Phi) is 36.5. The van der Waals surface area contributed by atoms with Crippen LogP contribution in [0.5, 0.6) is 0 Å². The summed E-state index contributed by atoms with van der Waals surface area (Å²) in [5.41, 5.74) is 5.35. The Balaban J connectivity index is 4.10. The van der Waals surface area contributed by atoms with Crippen LogP contribution in [-0.2, 0) is 27.9 Å². The number of allylic oxidation sites excluding steroid dienone is 8. The molecular formula is C40H74NO7P. The molecule has 49 heavy (non-hydrogen) atoms. The molecule has 0 saturated carbocycles. The van der Waals surface area contributed by atoms with Crippen molar-refractivity contribution in [3.63, 3.8) is 0 Å². The van der Waals surface area contributed by atoms with Crippen LogP contribution in [0.25, 0.3) is 0 Å². The molecule has 2 unspecified atom stereocenters. The van der Waals surface area contributed by atoms with Crippen LogP contribution in [0.3, 0.4) is 0 Å². The number of unbranched alkanes of at least 4 members (excludes halogenated alkanes) is 16. The monoisotopic (exact) mass is 712 g/mol. The summed E-state index contributed by atoms with van der Waals surface area (Å²) in [7, 11) is -4.28. The molecule has 0 amide bonds. The maximum Gasteiger partial charge on any atom is 0.472 e. The van der Waals surface area contributed by atoms with E-state index in [0.717, 1.165) is 57.8 Å². The Morgan fingerprint density at radius 3 is 1.73 bits per heavy atom. The highest BCUT2D eigenvalue weighted by Crippen LogP contribution is 2.43. The van der Waals surface area contributed by atoms with Crippen molar-refractivity contribution < 1.29 is 32.8 Å². The lowest BCUT2D eigenvalue weighted by molar-refractivity contribution is -0.154. The van der Waals surface area contributed by atoms with E-state index < -0.39 is 13.9 Å². The molecule has 8 nitrogen and oxygen atoms in total.